The maximum Gasteiger partial charge on any atom is 0.235 e. The third-order valence-electron chi connectivity index (χ3n) is 7.26. The Morgan fingerprint density at radius 1 is 0.962 bits per heavy atom. The number of fused-ring (bicyclic) bond motifs is 1. The molecule has 0 aliphatic heterocycles. The molecule has 2 aromatic heterocycles. The molecule has 0 atom stereocenters. The lowest BCUT2D eigenvalue weighted by molar-refractivity contribution is -0.0103. The molecule has 4 saturated carbocycles. The van der Waals surface area contributed by atoms with E-state index in [9.17, 15) is 0 Å². The highest BCUT2D eigenvalue weighted by Crippen LogP contribution is 2.60. The van der Waals surface area contributed by atoms with Crippen molar-refractivity contribution in [2.75, 3.05) is 0 Å². The molecule has 134 valence electrons. The topological polar surface area (TPSA) is 43.1 Å². The maximum atomic E-state index is 4.98. The van der Waals surface area contributed by atoms with Gasteiger partial charge in [0.1, 0.15) is 5.01 Å². The first-order chi connectivity index (χ1) is 12.6. The second-order valence-electron chi connectivity index (χ2n) is 9.12. The van der Waals surface area contributed by atoms with Gasteiger partial charge in [0, 0.05) is 11.0 Å². The van der Waals surface area contributed by atoms with E-state index in [1.54, 1.807) is 11.3 Å². The van der Waals surface area contributed by atoms with E-state index in [1.165, 1.54) is 55.2 Å². The van der Waals surface area contributed by atoms with E-state index in [0.717, 1.165) is 33.5 Å². The zero-order chi connectivity index (χ0) is 17.5. The van der Waals surface area contributed by atoms with Gasteiger partial charge in [0.05, 0.1) is 0 Å². The van der Waals surface area contributed by atoms with Crippen molar-refractivity contribution in [3.05, 3.63) is 35.2 Å². The van der Waals surface area contributed by atoms with Gasteiger partial charge >= 0.3 is 0 Å². The van der Waals surface area contributed by atoms with E-state index in [1.807, 2.05) is 0 Å². The van der Waals surface area contributed by atoms with Crippen molar-refractivity contribution < 1.29 is 0 Å². The number of nitrogens with zero attached hydrogens (tertiary/aromatic N) is 4. The van der Waals surface area contributed by atoms with Crippen LogP contribution in [-0.4, -0.2) is 19.8 Å². The molecule has 2 heterocycles. The van der Waals surface area contributed by atoms with Crippen LogP contribution in [-0.2, 0) is 5.41 Å². The van der Waals surface area contributed by atoms with Crippen LogP contribution in [0.5, 0.6) is 0 Å². The van der Waals surface area contributed by atoms with Gasteiger partial charge < -0.3 is 0 Å². The van der Waals surface area contributed by atoms with Crippen molar-refractivity contribution in [3.8, 4) is 10.6 Å². The lowest BCUT2D eigenvalue weighted by Gasteiger charge is -2.55. The Kier molecular flexibility index (Phi) is 3.04. The average Bonchev–Trinajstić information content (AvgIpc) is 3.16. The molecule has 5 heteroatoms. The summed E-state index contributed by atoms with van der Waals surface area (Å²) in [5, 5.41) is 15.2. The predicted molar refractivity (Wildman–Crippen MR) is 103 cm³/mol. The predicted octanol–water partition coefficient (Wildman–Crippen LogP) is 4.94. The van der Waals surface area contributed by atoms with E-state index >= 15 is 0 Å². The van der Waals surface area contributed by atoms with E-state index in [4.69, 9.17) is 5.10 Å². The summed E-state index contributed by atoms with van der Waals surface area (Å²) in [5.74, 6) is 3.88. The summed E-state index contributed by atoms with van der Waals surface area (Å²) < 4.78 is 2.09. The molecule has 0 radical (unpaired) electrons. The summed E-state index contributed by atoms with van der Waals surface area (Å²) in [4.78, 5) is 0.948. The highest BCUT2D eigenvalue weighted by molar-refractivity contribution is 7.19. The van der Waals surface area contributed by atoms with Gasteiger partial charge in [-0.3, -0.25) is 0 Å². The second kappa shape index (κ2) is 5.16. The summed E-state index contributed by atoms with van der Waals surface area (Å²) in [6.07, 6.45) is 8.26. The average molecular weight is 365 g/mol. The third-order valence-corrected chi connectivity index (χ3v) is 8.21. The van der Waals surface area contributed by atoms with Crippen LogP contribution in [0.25, 0.3) is 15.5 Å². The van der Waals surface area contributed by atoms with Gasteiger partial charge in [-0.25, -0.2) is 0 Å². The molecule has 1 aromatic carbocycles. The number of hydrogen-bond donors (Lipinski definition) is 0. The summed E-state index contributed by atoms with van der Waals surface area (Å²) >= 11 is 1.67. The van der Waals surface area contributed by atoms with Crippen molar-refractivity contribution in [1.29, 1.82) is 0 Å². The van der Waals surface area contributed by atoms with Crippen LogP contribution < -0.4 is 0 Å². The minimum absolute atomic E-state index is 0.239. The number of benzene rings is 1. The van der Waals surface area contributed by atoms with E-state index < -0.39 is 0 Å². The van der Waals surface area contributed by atoms with E-state index in [0.29, 0.717) is 0 Å². The van der Waals surface area contributed by atoms with Crippen LogP contribution >= 0.6 is 11.3 Å². The first-order valence-electron chi connectivity index (χ1n) is 9.90. The van der Waals surface area contributed by atoms with Crippen molar-refractivity contribution in [2.24, 2.45) is 17.8 Å². The summed E-state index contributed by atoms with van der Waals surface area (Å²) in [7, 11) is 0. The largest absolute Gasteiger partial charge is 0.235 e. The molecule has 4 fully saturated rings. The molecule has 0 N–H and O–H groups in total. The zero-order valence-corrected chi connectivity index (χ0v) is 16.2. The molecule has 7 rings (SSSR count). The lowest BCUT2D eigenvalue weighted by Crippen LogP contribution is -2.49. The Hall–Kier alpha value is -1.75. The molecule has 4 aliphatic carbocycles. The molecule has 0 spiro atoms. The Morgan fingerprint density at radius 2 is 1.65 bits per heavy atom. The van der Waals surface area contributed by atoms with Crippen LogP contribution in [0, 0.1) is 31.6 Å². The van der Waals surface area contributed by atoms with Crippen LogP contribution in [0.15, 0.2) is 18.2 Å². The zero-order valence-electron chi connectivity index (χ0n) is 15.4. The minimum atomic E-state index is 0.239. The first-order valence-corrected chi connectivity index (χ1v) is 10.7. The molecule has 26 heavy (non-hydrogen) atoms. The SMILES string of the molecule is Cc1ccc(-c2nn3c(C45CC6CC(CC(C6)C4)C5)nnc3s2)cc1C. The summed E-state index contributed by atoms with van der Waals surface area (Å²) in [6, 6.07) is 6.61. The van der Waals surface area contributed by atoms with E-state index in [-0.39, 0.29) is 5.41 Å². The first kappa shape index (κ1) is 15.3. The molecule has 0 saturated heterocycles. The van der Waals surface area contributed by atoms with Crippen LogP contribution in [0.2, 0.25) is 0 Å². The Morgan fingerprint density at radius 3 is 2.31 bits per heavy atom. The van der Waals surface area contributed by atoms with Crippen molar-refractivity contribution >= 4 is 16.3 Å². The van der Waals surface area contributed by atoms with Gasteiger partial charge in [0.25, 0.3) is 0 Å². The third kappa shape index (κ3) is 2.10. The second-order valence-corrected chi connectivity index (χ2v) is 10.1. The molecule has 4 nitrogen and oxygen atoms in total. The highest BCUT2D eigenvalue weighted by Gasteiger charge is 2.54. The Bertz CT molecular complexity index is 979. The molecular formula is C21H24N4S. The highest BCUT2D eigenvalue weighted by atomic mass is 32.1. The van der Waals surface area contributed by atoms with Crippen LogP contribution in [0.1, 0.15) is 55.5 Å². The molecule has 0 amide bonds. The fourth-order valence-electron chi connectivity index (χ4n) is 6.32. The standard InChI is InChI=1S/C21H24N4S/c1-12-3-4-17(5-13(12)2)18-24-25-19(22-23-20(25)26-18)21-9-14-6-15(10-21)8-16(7-14)11-21/h3-5,14-16H,6-11H2,1-2H3. The van der Waals surface area contributed by atoms with Gasteiger partial charge in [0.2, 0.25) is 4.96 Å². The molecule has 0 unspecified atom stereocenters. The molecule has 4 aliphatic rings. The minimum Gasteiger partial charge on any atom is -0.186 e. The molecule has 4 bridgehead atoms. The number of rotatable bonds is 2. The summed E-state index contributed by atoms with van der Waals surface area (Å²) in [6.45, 7) is 4.32. The fourth-order valence-corrected chi connectivity index (χ4v) is 7.16. The van der Waals surface area contributed by atoms with Gasteiger partial charge in [-0.1, -0.05) is 23.5 Å². The van der Waals surface area contributed by atoms with Gasteiger partial charge in [-0.15, -0.1) is 10.2 Å². The maximum absolute atomic E-state index is 4.98. The van der Waals surface area contributed by atoms with Crippen molar-refractivity contribution in [3.63, 3.8) is 0 Å². The Labute approximate surface area is 157 Å². The number of aromatic nitrogens is 4. The van der Waals surface area contributed by atoms with E-state index in [2.05, 4.69) is 46.8 Å². The van der Waals surface area contributed by atoms with Gasteiger partial charge in [-0.05, 0) is 87.3 Å². The fraction of sp³-hybridized carbons (Fsp3) is 0.571. The number of aryl methyl sites for hydroxylation is 2. The molecular weight excluding hydrogens is 340 g/mol. The van der Waals surface area contributed by atoms with Gasteiger partial charge in [0.15, 0.2) is 5.82 Å². The normalized spacial score (nSPS) is 32.6. The van der Waals surface area contributed by atoms with Crippen molar-refractivity contribution in [1.82, 2.24) is 19.8 Å². The van der Waals surface area contributed by atoms with Crippen molar-refractivity contribution in [2.45, 2.75) is 57.8 Å². The van der Waals surface area contributed by atoms with Gasteiger partial charge in [-0.2, -0.15) is 9.61 Å². The monoisotopic (exact) mass is 364 g/mol. The Balaban J connectivity index is 1.45. The summed E-state index contributed by atoms with van der Waals surface area (Å²) in [5.41, 5.74) is 4.07. The quantitative estimate of drug-likeness (QED) is 0.647. The molecule has 3 aromatic rings. The lowest BCUT2D eigenvalue weighted by atomic mass is 9.49. The number of hydrogen-bond acceptors (Lipinski definition) is 4. The van der Waals surface area contributed by atoms with Crippen LogP contribution in [0.3, 0.4) is 0 Å². The van der Waals surface area contributed by atoms with Crippen LogP contribution in [0.4, 0.5) is 0 Å². The smallest absolute Gasteiger partial charge is 0.186 e.